The van der Waals surface area contributed by atoms with Crippen LogP contribution in [0.5, 0.6) is 11.5 Å². The van der Waals surface area contributed by atoms with Crippen LogP contribution in [0.4, 0.5) is 0 Å². The predicted octanol–water partition coefficient (Wildman–Crippen LogP) is 2.56. The van der Waals surface area contributed by atoms with E-state index in [1.54, 1.807) is 7.11 Å². The first-order valence-electron chi connectivity index (χ1n) is 9.08. The largest absolute Gasteiger partial charge is 0.454 e. The van der Waals surface area contributed by atoms with Gasteiger partial charge in [-0.2, -0.15) is 0 Å². The molecule has 0 amide bonds. The Hall–Kier alpha value is -1.95. The van der Waals surface area contributed by atoms with Crippen molar-refractivity contribution < 1.29 is 14.2 Å². The Kier molecular flexibility index (Phi) is 5.68. The van der Waals surface area contributed by atoms with E-state index in [0.717, 1.165) is 24.3 Å². The molecule has 1 fully saturated rings. The highest BCUT2D eigenvalue weighted by atomic mass is 16.7. The topological polar surface area (TPSA) is 78.1 Å². The van der Waals surface area contributed by atoms with Crippen LogP contribution in [0.1, 0.15) is 44.6 Å². The normalized spacial score (nSPS) is 20.3. The molecular weight excluding hydrogens is 318 g/mol. The lowest BCUT2D eigenvalue weighted by molar-refractivity contribution is 0.174. The Morgan fingerprint density at radius 2 is 2.04 bits per heavy atom. The Morgan fingerprint density at radius 1 is 1.28 bits per heavy atom. The van der Waals surface area contributed by atoms with Gasteiger partial charge < -0.3 is 25.3 Å². The first-order valence-corrected chi connectivity index (χ1v) is 9.08. The second kappa shape index (κ2) is 7.95. The molecule has 3 N–H and O–H groups in total. The number of methoxy groups -OCH3 is 1. The Balaban J connectivity index is 1.77. The van der Waals surface area contributed by atoms with Crippen molar-refractivity contribution in [3.05, 3.63) is 23.8 Å². The van der Waals surface area contributed by atoms with E-state index in [2.05, 4.69) is 22.4 Å². The number of hydrogen-bond acceptors (Lipinski definition) is 4. The monoisotopic (exact) mass is 347 g/mol. The van der Waals surface area contributed by atoms with E-state index >= 15 is 0 Å². The molecule has 1 unspecified atom stereocenters. The van der Waals surface area contributed by atoms with E-state index in [0.29, 0.717) is 25.9 Å². The molecule has 1 aromatic carbocycles. The Labute approximate surface area is 149 Å². The number of fused-ring (bicyclic) bond motifs is 1. The number of nitrogens with two attached hydrogens (primary N) is 1. The maximum Gasteiger partial charge on any atom is 0.231 e. The Morgan fingerprint density at radius 3 is 2.80 bits per heavy atom. The van der Waals surface area contributed by atoms with Gasteiger partial charge in [-0.15, -0.1) is 0 Å². The van der Waals surface area contributed by atoms with Crippen LogP contribution in [0.2, 0.25) is 0 Å². The van der Waals surface area contributed by atoms with Gasteiger partial charge in [-0.1, -0.05) is 25.3 Å². The van der Waals surface area contributed by atoms with Gasteiger partial charge in [-0.25, -0.2) is 0 Å². The van der Waals surface area contributed by atoms with Gasteiger partial charge in [0.05, 0.1) is 13.2 Å². The third-order valence-electron chi connectivity index (χ3n) is 5.16. The third kappa shape index (κ3) is 4.18. The molecule has 1 atom stereocenters. The molecule has 0 bridgehead atoms. The van der Waals surface area contributed by atoms with E-state index in [4.69, 9.17) is 19.9 Å². The average Bonchev–Trinajstić information content (AvgIpc) is 3.09. The maximum atomic E-state index is 6.09. The molecule has 1 saturated carbocycles. The minimum Gasteiger partial charge on any atom is -0.454 e. The summed E-state index contributed by atoms with van der Waals surface area (Å²) in [5, 5.41) is 3.19. The van der Waals surface area contributed by atoms with E-state index < -0.39 is 0 Å². The molecule has 3 rings (SSSR count). The lowest BCUT2D eigenvalue weighted by atomic mass is 9.69. The summed E-state index contributed by atoms with van der Waals surface area (Å²) in [6, 6.07) is 6.44. The van der Waals surface area contributed by atoms with Crippen molar-refractivity contribution in [2.45, 2.75) is 50.5 Å². The van der Waals surface area contributed by atoms with Gasteiger partial charge >= 0.3 is 0 Å². The number of benzene rings is 1. The number of nitrogens with one attached hydrogen (secondary N) is 1. The van der Waals surface area contributed by atoms with Crippen LogP contribution in [0.3, 0.4) is 0 Å². The molecular formula is C19H29N3O3. The molecule has 1 aromatic rings. The highest BCUT2D eigenvalue weighted by Crippen LogP contribution is 2.43. The van der Waals surface area contributed by atoms with Crippen molar-refractivity contribution in [2.75, 3.05) is 27.1 Å². The van der Waals surface area contributed by atoms with Crippen LogP contribution in [0.15, 0.2) is 23.2 Å². The number of hydrogen-bond donors (Lipinski definition) is 2. The van der Waals surface area contributed by atoms with Gasteiger partial charge in [0.25, 0.3) is 0 Å². The summed E-state index contributed by atoms with van der Waals surface area (Å²) in [7, 11) is 1.68. The average molecular weight is 347 g/mol. The predicted molar refractivity (Wildman–Crippen MR) is 98.3 cm³/mol. The fourth-order valence-electron chi connectivity index (χ4n) is 3.82. The quantitative estimate of drug-likeness (QED) is 0.611. The standard InChI is InChI=1S/C19H29N3O3/c1-14(11-23-2)22-18(20)21-12-19(8-4-3-5-9-19)15-6-7-16-17(10-15)25-13-24-16/h6-7,10,14H,3-5,8-9,11-13H2,1-2H3,(H3,20,21,22). The summed E-state index contributed by atoms with van der Waals surface area (Å²) in [5.74, 6) is 2.15. The molecule has 1 aliphatic heterocycles. The van der Waals surface area contributed by atoms with Crippen LogP contribution < -0.4 is 20.5 Å². The van der Waals surface area contributed by atoms with Crippen LogP contribution >= 0.6 is 0 Å². The number of rotatable bonds is 6. The lowest BCUT2D eigenvalue weighted by Gasteiger charge is -2.37. The minimum atomic E-state index is 0.0238. The molecule has 0 radical (unpaired) electrons. The highest BCUT2D eigenvalue weighted by molar-refractivity contribution is 5.78. The molecule has 1 heterocycles. The molecule has 6 nitrogen and oxygen atoms in total. The van der Waals surface area contributed by atoms with Crippen LogP contribution in [-0.4, -0.2) is 39.1 Å². The second-order valence-electron chi connectivity index (χ2n) is 7.11. The summed E-state index contributed by atoms with van der Waals surface area (Å²) in [6.45, 7) is 3.62. The van der Waals surface area contributed by atoms with E-state index in [1.165, 1.54) is 24.8 Å². The van der Waals surface area contributed by atoms with Crippen molar-refractivity contribution >= 4 is 5.96 Å². The van der Waals surface area contributed by atoms with Crippen LogP contribution in [0.25, 0.3) is 0 Å². The van der Waals surface area contributed by atoms with E-state index in [1.807, 2.05) is 13.0 Å². The van der Waals surface area contributed by atoms with Crippen molar-refractivity contribution in [1.82, 2.24) is 5.32 Å². The molecule has 138 valence electrons. The summed E-state index contributed by atoms with van der Waals surface area (Å²) in [4.78, 5) is 4.67. The van der Waals surface area contributed by atoms with E-state index in [9.17, 15) is 0 Å². The second-order valence-corrected chi connectivity index (χ2v) is 7.11. The SMILES string of the molecule is COCC(C)NC(N)=NCC1(c2ccc3c(c2)OCO3)CCCCC1. The number of ether oxygens (including phenoxy) is 3. The summed E-state index contributed by atoms with van der Waals surface area (Å²) < 4.78 is 16.2. The van der Waals surface area contributed by atoms with Crippen molar-refractivity contribution in [1.29, 1.82) is 0 Å². The lowest BCUT2D eigenvalue weighted by Crippen LogP contribution is -2.42. The molecule has 25 heavy (non-hydrogen) atoms. The van der Waals surface area contributed by atoms with Crippen molar-refractivity contribution in [2.24, 2.45) is 10.7 Å². The van der Waals surface area contributed by atoms with E-state index in [-0.39, 0.29) is 11.5 Å². The fourth-order valence-corrected chi connectivity index (χ4v) is 3.82. The minimum absolute atomic E-state index is 0.0238. The number of nitrogens with zero attached hydrogens (tertiary/aromatic N) is 1. The summed E-state index contributed by atoms with van der Waals surface area (Å²) in [5.41, 5.74) is 7.39. The molecule has 0 saturated heterocycles. The van der Waals surface area contributed by atoms with Crippen molar-refractivity contribution in [3.8, 4) is 11.5 Å². The van der Waals surface area contributed by atoms with Crippen molar-refractivity contribution in [3.63, 3.8) is 0 Å². The van der Waals surface area contributed by atoms with Gasteiger partial charge in [0.2, 0.25) is 6.79 Å². The number of aliphatic imine (C=N–C) groups is 1. The first-order chi connectivity index (χ1) is 12.1. The molecule has 2 aliphatic rings. The summed E-state index contributed by atoms with van der Waals surface area (Å²) in [6.07, 6.45) is 5.97. The van der Waals surface area contributed by atoms with Gasteiger partial charge in [0.1, 0.15) is 0 Å². The highest BCUT2D eigenvalue weighted by Gasteiger charge is 2.35. The smallest absolute Gasteiger partial charge is 0.231 e. The fraction of sp³-hybridized carbons (Fsp3) is 0.632. The van der Waals surface area contributed by atoms with Gasteiger partial charge in [-0.3, -0.25) is 4.99 Å². The first kappa shape index (κ1) is 17.9. The van der Waals surface area contributed by atoms with Crippen LogP contribution in [-0.2, 0) is 10.2 Å². The molecule has 1 aliphatic carbocycles. The molecule has 0 aromatic heterocycles. The van der Waals surface area contributed by atoms with Gasteiger partial charge in [0.15, 0.2) is 17.5 Å². The molecule has 0 spiro atoms. The zero-order valence-electron chi connectivity index (χ0n) is 15.2. The summed E-state index contributed by atoms with van der Waals surface area (Å²) >= 11 is 0. The van der Waals surface area contributed by atoms with Crippen LogP contribution in [0, 0.1) is 0 Å². The zero-order valence-corrected chi connectivity index (χ0v) is 15.2. The zero-order chi connectivity index (χ0) is 17.7. The third-order valence-corrected chi connectivity index (χ3v) is 5.16. The maximum absolute atomic E-state index is 6.09. The Bertz CT molecular complexity index is 612. The van der Waals surface area contributed by atoms with Gasteiger partial charge in [0, 0.05) is 18.6 Å². The molecule has 6 heteroatoms. The number of guanidine groups is 1. The van der Waals surface area contributed by atoms with Gasteiger partial charge in [-0.05, 0) is 37.5 Å².